The Balaban J connectivity index is 2.39. The van der Waals surface area contributed by atoms with Crippen molar-refractivity contribution >= 4 is 16.6 Å². The SMILES string of the molecule is C=C/C=C(\C=C)c1nc2ccc(C)cc2n1-c1cccnc1. The highest BCUT2D eigenvalue weighted by molar-refractivity contribution is 5.85. The summed E-state index contributed by atoms with van der Waals surface area (Å²) < 4.78 is 2.10. The molecule has 0 N–H and O–H groups in total. The largest absolute Gasteiger partial charge is 0.291 e. The molecule has 3 aromatic rings. The second-order valence-corrected chi connectivity index (χ2v) is 5.04. The zero-order valence-corrected chi connectivity index (χ0v) is 12.5. The third kappa shape index (κ3) is 2.37. The molecule has 0 atom stereocenters. The van der Waals surface area contributed by atoms with Crippen LogP contribution < -0.4 is 0 Å². The second kappa shape index (κ2) is 5.82. The number of aryl methyl sites for hydroxylation is 1. The maximum Gasteiger partial charge on any atom is 0.145 e. The van der Waals surface area contributed by atoms with Crippen LogP contribution in [0.15, 0.2) is 74.1 Å². The standard InChI is InChI=1S/C19H17N3/c1-4-7-15(5-2)19-21-17-10-9-14(3)12-18(17)22(19)16-8-6-11-20-13-16/h4-13H,1-2H2,3H3/b15-7+. The molecule has 2 heterocycles. The molecule has 0 saturated heterocycles. The summed E-state index contributed by atoms with van der Waals surface area (Å²) >= 11 is 0. The van der Waals surface area contributed by atoms with Crippen LogP contribution in [-0.2, 0) is 0 Å². The number of aromatic nitrogens is 3. The average molecular weight is 287 g/mol. The van der Waals surface area contributed by atoms with Gasteiger partial charge in [0.15, 0.2) is 0 Å². The molecule has 1 aromatic carbocycles. The number of fused-ring (bicyclic) bond motifs is 1. The summed E-state index contributed by atoms with van der Waals surface area (Å²) in [6.07, 6.45) is 9.05. The lowest BCUT2D eigenvalue weighted by Crippen LogP contribution is -2.00. The van der Waals surface area contributed by atoms with E-state index < -0.39 is 0 Å². The van der Waals surface area contributed by atoms with Gasteiger partial charge < -0.3 is 0 Å². The highest BCUT2D eigenvalue weighted by Gasteiger charge is 2.14. The fourth-order valence-corrected chi connectivity index (χ4v) is 2.49. The summed E-state index contributed by atoms with van der Waals surface area (Å²) in [7, 11) is 0. The van der Waals surface area contributed by atoms with E-state index in [1.165, 1.54) is 5.56 Å². The Morgan fingerprint density at radius 3 is 2.77 bits per heavy atom. The zero-order valence-electron chi connectivity index (χ0n) is 12.5. The molecule has 3 rings (SSSR count). The van der Waals surface area contributed by atoms with Crippen LogP contribution in [0.3, 0.4) is 0 Å². The predicted molar refractivity (Wildman–Crippen MR) is 92.0 cm³/mol. The summed E-state index contributed by atoms with van der Waals surface area (Å²) in [5.41, 5.74) is 5.09. The Kier molecular flexibility index (Phi) is 3.71. The number of rotatable bonds is 4. The molecule has 3 nitrogen and oxygen atoms in total. The first-order valence-corrected chi connectivity index (χ1v) is 7.09. The lowest BCUT2D eigenvalue weighted by atomic mass is 10.2. The van der Waals surface area contributed by atoms with Gasteiger partial charge in [-0.15, -0.1) is 0 Å². The van der Waals surface area contributed by atoms with E-state index in [1.54, 1.807) is 18.3 Å². The molecule has 0 spiro atoms. The minimum atomic E-state index is 0.837. The van der Waals surface area contributed by atoms with Gasteiger partial charge in [0.05, 0.1) is 22.9 Å². The molecule has 3 heteroatoms. The molecule has 0 aliphatic carbocycles. The van der Waals surface area contributed by atoms with Gasteiger partial charge in [0, 0.05) is 11.8 Å². The van der Waals surface area contributed by atoms with Gasteiger partial charge in [-0.3, -0.25) is 9.55 Å². The number of pyridine rings is 1. The molecule has 2 aromatic heterocycles. The van der Waals surface area contributed by atoms with E-state index in [0.717, 1.165) is 28.1 Å². The summed E-state index contributed by atoms with van der Waals surface area (Å²) in [4.78, 5) is 9.00. The fourth-order valence-electron chi connectivity index (χ4n) is 2.49. The van der Waals surface area contributed by atoms with Crippen molar-refractivity contribution in [3.8, 4) is 5.69 Å². The van der Waals surface area contributed by atoms with Crippen molar-refractivity contribution in [1.82, 2.24) is 14.5 Å². The van der Waals surface area contributed by atoms with Crippen molar-refractivity contribution in [3.63, 3.8) is 0 Å². The average Bonchev–Trinajstić information content (AvgIpc) is 2.91. The molecule has 0 aliphatic heterocycles. The smallest absolute Gasteiger partial charge is 0.145 e. The van der Waals surface area contributed by atoms with Crippen LogP contribution in [0.25, 0.3) is 22.3 Å². The van der Waals surface area contributed by atoms with E-state index in [2.05, 4.69) is 41.8 Å². The van der Waals surface area contributed by atoms with E-state index in [-0.39, 0.29) is 0 Å². The Morgan fingerprint density at radius 2 is 2.09 bits per heavy atom. The van der Waals surface area contributed by atoms with Gasteiger partial charge in [-0.05, 0) is 36.8 Å². The van der Waals surface area contributed by atoms with Crippen molar-refractivity contribution in [3.05, 3.63) is 85.5 Å². The van der Waals surface area contributed by atoms with E-state index in [4.69, 9.17) is 4.98 Å². The lowest BCUT2D eigenvalue weighted by Gasteiger charge is -2.09. The van der Waals surface area contributed by atoms with Crippen LogP contribution in [0.1, 0.15) is 11.4 Å². The first-order valence-electron chi connectivity index (χ1n) is 7.09. The number of benzene rings is 1. The summed E-state index contributed by atoms with van der Waals surface area (Å²) in [5, 5.41) is 0. The van der Waals surface area contributed by atoms with Crippen molar-refractivity contribution in [1.29, 1.82) is 0 Å². The van der Waals surface area contributed by atoms with Crippen molar-refractivity contribution in [2.75, 3.05) is 0 Å². The second-order valence-electron chi connectivity index (χ2n) is 5.04. The highest BCUT2D eigenvalue weighted by atomic mass is 15.1. The summed E-state index contributed by atoms with van der Waals surface area (Å²) in [6, 6.07) is 10.2. The molecule has 0 amide bonds. The number of nitrogens with zero attached hydrogens (tertiary/aromatic N) is 3. The number of imidazole rings is 1. The predicted octanol–water partition coefficient (Wildman–Crippen LogP) is 4.48. The number of allylic oxidation sites excluding steroid dienone is 4. The quantitative estimate of drug-likeness (QED) is 0.662. The van der Waals surface area contributed by atoms with Crippen LogP contribution in [0, 0.1) is 6.92 Å². The third-order valence-electron chi connectivity index (χ3n) is 3.49. The van der Waals surface area contributed by atoms with Gasteiger partial charge in [0.2, 0.25) is 0 Å². The third-order valence-corrected chi connectivity index (χ3v) is 3.49. The summed E-state index contributed by atoms with van der Waals surface area (Å²) in [6.45, 7) is 9.74. The topological polar surface area (TPSA) is 30.7 Å². The lowest BCUT2D eigenvalue weighted by molar-refractivity contribution is 1.04. The van der Waals surface area contributed by atoms with Gasteiger partial charge in [-0.25, -0.2) is 4.98 Å². The molecule has 0 saturated carbocycles. The Labute approximate surface area is 130 Å². The minimum Gasteiger partial charge on any atom is -0.291 e. The van der Waals surface area contributed by atoms with E-state index in [0.29, 0.717) is 0 Å². The van der Waals surface area contributed by atoms with E-state index >= 15 is 0 Å². The van der Waals surface area contributed by atoms with Crippen LogP contribution in [0.4, 0.5) is 0 Å². The highest BCUT2D eigenvalue weighted by Crippen LogP contribution is 2.27. The molecular formula is C19H17N3. The van der Waals surface area contributed by atoms with Crippen molar-refractivity contribution < 1.29 is 0 Å². The normalized spacial score (nSPS) is 11.6. The van der Waals surface area contributed by atoms with Crippen molar-refractivity contribution in [2.24, 2.45) is 0 Å². The zero-order chi connectivity index (χ0) is 15.5. The van der Waals surface area contributed by atoms with Crippen LogP contribution in [-0.4, -0.2) is 14.5 Å². The Bertz CT molecular complexity index is 870. The molecular weight excluding hydrogens is 270 g/mol. The fraction of sp³-hybridized carbons (Fsp3) is 0.0526. The maximum atomic E-state index is 4.77. The Morgan fingerprint density at radius 1 is 1.23 bits per heavy atom. The monoisotopic (exact) mass is 287 g/mol. The van der Waals surface area contributed by atoms with Gasteiger partial charge in [0.1, 0.15) is 5.82 Å². The maximum absolute atomic E-state index is 4.77. The molecule has 0 radical (unpaired) electrons. The Hall–Kier alpha value is -2.94. The van der Waals surface area contributed by atoms with Gasteiger partial charge in [0.25, 0.3) is 0 Å². The minimum absolute atomic E-state index is 0.837. The number of hydrogen-bond donors (Lipinski definition) is 0. The van der Waals surface area contributed by atoms with Crippen LogP contribution in [0.5, 0.6) is 0 Å². The van der Waals surface area contributed by atoms with Crippen LogP contribution >= 0.6 is 0 Å². The van der Waals surface area contributed by atoms with Gasteiger partial charge in [-0.1, -0.05) is 37.5 Å². The van der Waals surface area contributed by atoms with Gasteiger partial charge in [-0.2, -0.15) is 0 Å². The van der Waals surface area contributed by atoms with E-state index in [1.807, 2.05) is 30.5 Å². The molecule has 0 bridgehead atoms. The molecule has 22 heavy (non-hydrogen) atoms. The molecule has 108 valence electrons. The van der Waals surface area contributed by atoms with Crippen LogP contribution in [0.2, 0.25) is 0 Å². The van der Waals surface area contributed by atoms with Gasteiger partial charge >= 0.3 is 0 Å². The number of hydrogen-bond acceptors (Lipinski definition) is 2. The molecule has 0 aliphatic rings. The van der Waals surface area contributed by atoms with Crippen molar-refractivity contribution in [2.45, 2.75) is 6.92 Å². The first-order chi connectivity index (χ1) is 10.7. The summed E-state index contributed by atoms with van der Waals surface area (Å²) in [5.74, 6) is 0.837. The molecule has 0 fully saturated rings. The molecule has 0 unspecified atom stereocenters. The van der Waals surface area contributed by atoms with E-state index in [9.17, 15) is 0 Å². The first kappa shape index (κ1) is 14.0.